The Morgan fingerprint density at radius 2 is 1.47 bits per heavy atom. The average molecular weight is 792 g/mol. The molecular weight excluding hydrogens is 740 g/mol. The van der Waals surface area contributed by atoms with Gasteiger partial charge in [-0.1, -0.05) is 66.7 Å². The average Bonchev–Trinajstić information content (AvgIpc) is 3.71. The Bertz CT molecular complexity index is 1830. The van der Waals surface area contributed by atoms with E-state index in [4.69, 9.17) is 42.6 Å². The Hall–Kier alpha value is -4.95. The first-order valence-electron chi connectivity index (χ1n) is 19.1. The number of ether oxygens (including phenoxy) is 9. The summed E-state index contributed by atoms with van der Waals surface area (Å²) in [5.41, 5.74) is 3.83. The van der Waals surface area contributed by atoms with Crippen molar-refractivity contribution in [2.45, 2.75) is 69.2 Å². The minimum Gasteiger partial charge on any atom is -0.493 e. The smallest absolute Gasteiger partial charge is 0.293 e. The van der Waals surface area contributed by atoms with Crippen LogP contribution >= 0.6 is 0 Å². The summed E-state index contributed by atoms with van der Waals surface area (Å²) in [4.78, 5) is 11.0. The van der Waals surface area contributed by atoms with Crippen LogP contribution in [0.25, 0.3) is 0 Å². The molecule has 57 heavy (non-hydrogen) atoms. The topological polar surface area (TPSA) is 112 Å². The number of benzene rings is 4. The minimum absolute atomic E-state index is 0.0499. The molecule has 0 saturated carbocycles. The van der Waals surface area contributed by atoms with E-state index in [0.717, 1.165) is 22.3 Å². The predicted molar refractivity (Wildman–Crippen MR) is 207 cm³/mol. The fourth-order valence-electron chi connectivity index (χ4n) is 7.42. The van der Waals surface area contributed by atoms with Gasteiger partial charge in [-0.15, -0.1) is 0 Å². The zero-order valence-corrected chi connectivity index (χ0v) is 32.5. The monoisotopic (exact) mass is 791 g/mol. The highest BCUT2D eigenvalue weighted by Gasteiger charge is 2.47. The Morgan fingerprint density at radius 3 is 2.12 bits per heavy atom. The molecule has 306 valence electrons. The third-order valence-corrected chi connectivity index (χ3v) is 10.3. The zero-order chi connectivity index (χ0) is 40.0. The molecule has 0 bridgehead atoms. The molecule has 4 aromatic rings. The number of hydrogen-bond acceptors (Lipinski definition) is 11. The van der Waals surface area contributed by atoms with Gasteiger partial charge in [0.1, 0.15) is 6.10 Å². The van der Waals surface area contributed by atoms with Crippen molar-refractivity contribution in [3.8, 4) is 28.7 Å². The summed E-state index contributed by atoms with van der Waals surface area (Å²) < 4.78 is 81.8. The molecule has 1 fully saturated rings. The highest BCUT2D eigenvalue weighted by atomic mass is 19.3. The van der Waals surface area contributed by atoms with E-state index < -0.39 is 36.8 Å². The third kappa shape index (κ3) is 11.1. The van der Waals surface area contributed by atoms with Crippen LogP contribution in [0.1, 0.15) is 47.6 Å². The predicted octanol–water partition coefficient (Wildman–Crippen LogP) is 7.48. The number of carbonyl (C=O) groups excluding carboxylic acids is 1. The van der Waals surface area contributed by atoms with Crippen LogP contribution < -0.4 is 29.0 Å². The molecule has 1 aliphatic carbocycles. The summed E-state index contributed by atoms with van der Waals surface area (Å²) in [7, 11) is 4.77. The number of rotatable bonds is 17. The van der Waals surface area contributed by atoms with E-state index in [-0.39, 0.29) is 32.3 Å². The van der Waals surface area contributed by atoms with Crippen molar-refractivity contribution in [3.63, 3.8) is 0 Å². The second kappa shape index (κ2) is 20.5. The standard InChI is InChI=1S/C35H39F2NO7.C9H12O3/c36-35(37,21-38-34-27(19-41-22-39)12-11-26-13-31-32(16-30(26)34)44-23-43-31)33-15-28(42-18-25-9-5-2-6-10-25)14-29(45-33)20-40-17-24-7-3-1-4-8-24;1-10-7-5-4-6-8(11-2)9(7)12-3/h1-10,13,16,22,27-29,33-34,38H,11-12,14-15,17-21,23H2;4-6H,1-3H3. The number of fused-ring (bicyclic) bond motifs is 2. The van der Waals surface area contributed by atoms with Crippen molar-refractivity contribution in [2.24, 2.45) is 5.92 Å². The molecular formula is C44H51F2NO10. The number of methoxy groups -OCH3 is 3. The zero-order valence-electron chi connectivity index (χ0n) is 32.5. The number of para-hydroxylation sites is 1. The van der Waals surface area contributed by atoms with Gasteiger partial charge in [0.15, 0.2) is 23.0 Å². The lowest BCUT2D eigenvalue weighted by Crippen LogP contribution is -2.52. The molecule has 7 rings (SSSR count). The van der Waals surface area contributed by atoms with Crippen LogP contribution in [0.4, 0.5) is 8.78 Å². The summed E-state index contributed by atoms with van der Waals surface area (Å²) >= 11 is 0. The van der Waals surface area contributed by atoms with E-state index in [9.17, 15) is 4.79 Å². The fourth-order valence-corrected chi connectivity index (χ4v) is 7.42. The number of nitrogens with one attached hydrogen (secondary N) is 1. The van der Waals surface area contributed by atoms with Crippen LogP contribution in [0.3, 0.4) is 0 Å². The molecule has 13 heteroatoms. The normalized spacial score (nSPS) is 21.0. The molecule has 0 aromatic heterocycles. The summed E-state index contributed by atoms with van der Waals surface area (Å²) in [5.74, 6) is -0.200. The van der Waals surface area contributed by atoms with Gasteiger partial charge in [0, 0.05) is 24.8 Å². The third-order valence-electron chi connectivity index (χ3n) is 10.3. The SMILES string of the molecule is COc1cccc(OC)c1OC.O=COCC1CCc2cc3c(cc2C1NCC(F)(F)C1CC(OCc2ccccc2)CC(COCc2ccccc2)O1)OCO3. The van der Waals surface area contributed by atoms with Gasteiger partial charge in [0.05, 0.1) is 66.5 Å². The van der Waals surface area contributed by atoms with Crippen molar-refractivity contribution in [2.75, 3.05) is 47.9 Å². The maximum Gasteiger partial charge on any atom is 0.293 e. The molecule has 0 radical (unpaired) electrons. The lowest BCUT2D eigenvalue weighted by molar-refractivity contribution is -0.214. The van der Waals surface area contributed by atoms with Gasteiger partial charge in [0.2, 0.25) is 12.5 Å². The largest absolute Gasteiger partial charge is 0.493 e. The van der Waals surface area contributed by atoms with Gasteiger partial charge in [-0.05, 0) is 59.4 Å². The summed E-state index contributed by atoms with van der Waals surface area (Å²) in [5, 5.41) is 3.12. The van der Waals surface area contributed by atoms with E-state index in [1.54, 1.807) is 21.3 Å². The van der Waals surface area contributed by atoms with E-state index in [2.05, 4.69) is 5.32 Å². The van der Waals surface area contributed by atoms with Gasteiger partial charge < -0.3 is 47.9 Å². The van der Waals surface area contributed by atoms with Gasteiger partial charge in [-0.2, -0.15) is 0 Å². The summed E-state index contributed by atoms with van der Waals surface area (Å²) in [6.45, 7) is 0.874. The Labute approximate surface area is 332 Å². The lowest BCUT2D eigenvalue weighted by Gasteiger charge is -2.40. The molecule has 5 atom stereocenters. The minimum atomic E-state index is -3.23. The Balaban J connectivity index is 0.000000393. The molecule has 11 nitrogen and oxygen atoms in total. The van der Waals surface area contributed by atoms with Gasteiger partial charge in [-0.3, -0.25) is 4.79 Å². The second-order valence-electron chi connectivity index (χ2n) is 14.1. The molecule has 3 aliphatic rings. The summed E-state index contributed by atoms with van der Waals surface area (Å²) in [6, 6.07) is 28.2. The van der Waals surface area contributed by atoms with Crippen LogP contribution in [0, 0.1) is 5.92 Å². The molecule has 2 heterocycles. The van der Waals surface area contributed by atoms with Gasteiger partial charge in [0.25, 0.3) is 12.4 Å². The maximum absolute atomic E-state index is 16.1. The highest BCUT2D eigenvalue weighted by Crippen LogP contribution is 2.43. The van der Waals surface area contributed by atoms with E-state index in [1.807, 2.05) is 91.0 Å². The number of halogens is 2. The van der Waals surface area contributed by atoms with E-state index in [1.165, 1.54) is 0 Å². The Morgan fingerprint density at radius 1 is 0.807 bits per heavy atom. The molecule has 1 N–H and O–H groups in total. The first-order valence-corrected chi connectivity index (χ1v) is 19.1. The van der Waals surface area contributed by atoms with Crippen molar-refractivity contribution in [1.82, 2.24) is 5.32 Å². The van der Waals surface area contributed by atoms with Crippen LogP contribution in [0.2, 0.25) is 0 Å². The van der Waals surface area contributed by atoms with Gasteiger partial charge >= 0.3 is 0 Å². The first kappa shape index (κ1) is 41.7. The molecule has 4 aromatic carbocycles. The van der Waals surface area contributed by atoms with E-state index in [0.29, 0.717) is 67.7 Å². The van der Waals surface area contributed by atoms with Crippen LogP contribution in [-0.2, 0) is 43.4 Å². The highest BCUT2D eigenvalue weighted by molar-refractivity contribution is 5.51. The number of alkyl halides is 2. The molecule has 0 amide bonds. The number of carbonyl (C=O) groups is 1. The second-order valence-corrected chi connectivity index (χ2v) is 14.1. The van der Waals surface area contributed by atoms with Crippen LogP contribution in [-0.4, -0.2) is 78.6 Å². The van der Waals surface area contributed by atoms with Crippen molar-refractivity contribution in [3.05, 3.63) is 113 Å². The molecule has 2 aliphatic heterocycles. The molecule has 0 spiro atoms. The lowest BCUT2D eigenvalue weighted by atomic mass is 9.79. The van der Waals surface area contributed by atoms with E-state index >= 15 is 8.78 Å². The van der Waals surface area contributed by atoms with Crippen LogP contribution in [0.5, 0.6) is 28.7 Å². The van der Waals surface area contributed by atoms with Gasteiger partial charge in [-0.25, -0.2) is 8.78 Å². The number of aryl methyl sites for hydroxylation is 1. The maximum atomic E-state index is 16.1. The van der Waals surface area contributed by atoms with Crippen LogP contribution in [0.15, 0.2) is 91.0 Å². The Kier molecular flexibility index (Phi) is 15.0. The first-order chi connectivity index (χ1) is 27.8. The van der Waals surface area contributed by atoms with Crippen molar-refractivity contribution >= 4 is 6.47 Å². The number of hydrogen-bond donors (Lipinski definition) is 1. The quantitative estimate of drug-likeness (QED) is 0.108. The fraction of sp³-hybridized carbons (Fsp3) is 0.432. The summed E-state index contributed by atoms with van der Waals surface area (Å²) in [6.07, 6.45) is -0.477. The van der Waals surface area contributed by atoms with Crippen molar-refractivity contribution in [1.29, 1.82) is 0 Å². The molecule has 1 saturated heterocycles. The molecule has 5 unspecified atom stereocenters. The van der Waals surface area contributed by atoms with Crippen molar-refractivity contribution < 1.29 is 56.2 Å².